The third kappa shape index (κ3) is 3.53. The summed E-state index contributed by atoms with van der Waals surface area (Å²) in [5, 5.41) is 6.83. The van der Waals surface area contributed by atoms with Gasteiger partial charge in [0.25, 0.3) is 0 Å². The van der Waals surface area contributed by atoms with E-state index in [-0.39, 0.29) is 11.4 Å². The van der Waals surface area contributed by atoms with Crippen LogP contribution in [0.15, 0.2) is 28.0 Å². The van der Waals surface area contributed by atoms with Crippen molar-refractivity contribution in [3.63, 3.8) is 0 Å². The van der Waals surface area contributed by atoms with E-state index in [0.717, 1.165) is 11.1 Å². The van der Waals surface area contributed by atoms with Gasteiger partial charge >= 0.3 is 0 Å². The number of nitrogens with zero attached hydrogens (tertiary/aromatic N) is 2. The summed E-state index contributed by atoms with van der Waals surface area (Å²) in [6.45, 7) is 4.82. The van der Waals surface area contributed by atoms with Gasteiger partial charge in [0, 0.05) is 13.1 Å². The van der Waals surface area contributed by atoms with Gasteiger partial charge in [0.05, 0.1) is 12.4 Å². The first-order valence-electron chi connectivity index (χ1n) is 6.10. The van der Waals surface area contributed by atoms with Crippen LogP contribution in [-0.2, 0) is 16.6 Å². The maximum atomic E-state index is 12.1. The van der Waals surface area contributed by atoms with E-state index >= 15 is 0 Å². The second-order valence-electron chi connectivity index (χ2n) is 4.18. The second-order valence-corrected chi connectivity index (χ2v) is 6.69. The van der Waals surface area contributed by atoms with Gasteiger partial charge in [0.1, 0.15) is 4.90 Å². The SMILES string of the molecule is CCNc1ncc(S(=O)(=O)NCc2cscc2C)cn1. The van der Waals surface area contributed by atoms with Crippen LogP contribution in [0.25, 0.3) is 0 Å². The Labute approximate surface area is 122 Å². The molecule has 0 unspecified atom stereocenters. The first kappa shape index (κ1) is 14.9. The van der Waals surface area contributed by atoms with E-state index in [9.17, 15) is 8.42 Å². The van der Waals surface area contributed by atoms with Crippen LogP contribution in [0.3, 0.4) is 0 Å². The minimum Gasteiger partial charge on any atom is -0.355 e. The topological polar surface area (TPSA) is 84.0 Å². The minimum absolute atomic E-state index is 0.0621. The molecular weight excluding hydrogens is 296 g/mol. The highest BCUT2D eigenvalue weighted by Gasteiger charge is 2.15. The molecule has 20 heavy (non-hydrogen) atoms. The quantitative estimate of drug-likeness (QED) is 0.849. The molecule has 0 saturated heterocycles. The number of aryl methyl sites for hydroxylation is 1. The first-order valence-corrected chi connectivity index (χ1v) is 8.53. The van der Waals surface area contributed by atoms with Crippen molar-refractivity contribution in [2.75, 3.05) is 11.9 Å². The van der Waals surface area contributed by atoms with Crippen LogP contribution in [0.4, 0.5) is 5.95 Å². The van der Waals surface area contributed by atoms with Crippen LogP contribution < -0.4 is 10.0 Å². The molecule has 108 valence electrons. The molecule has 2 heterocycles. The minimum atomic E-state index is -3.58. The third-order valence-electron chi connectivity index (χ3n) is 2.69. The Hall–Kier alpha value is -1.51. The molecular formula is C12H16N4O2S2. The number of hydrogen-bond acceptors (Lipinski definition) is 6. The van der Waals surface area contributed by atoms with E-state index in [1.807, 2.05) is 24.6 Å². The van der Waals surface area contributed by atoms with E-state index < -0.39 is 10.0 Å². The van der Waals surface area contributed by atoms with E-state index in [1.165, 1.54) is 12.4 Å². The molecule has 6 nitrogen and oxygen atoms in total. The fraction of sp³-hybridized carbons (Fsp3) is 0.333. The molecule has 2 rings (SSSR count). The highest BCUT2D eigenvalue weighted by Crippen LogP contribution is 2.14. The van der Waals surface area contributed by atoms with Crippen molar-refractivity contribution in [3.8, 4) is 0 Å². The zero-order valence-corrected chi connectivity index (χ0v) is 12.9. The summed E-state index contributed by atoms with van der Waals surface area (Å²) in [6, 6.07) is 0. The van der Waals surface area contributed by atoms with Gasteiger partial charge in [-0.3, -0.25) is 0 Å². The standard InChI is InChI=1S/C12H16N4O2S2/c1-3-13-12-14-5-11(6-15-12)20(17,18)16-4-10-8-19-7-9(10)2/h5-8,16H,3-4H2,1-2H3,(H,13,14,15). The normalized spacial score (nSPS) is 11.5. The fourth-order valence-electron chi connectivity index (χ4n) is 1.53. The lowest BCUT2D eigenvalue weighted by Gasteiger charge is -2.07. The average molecular weight is 312 g/mol. The molecule has 0 radical (unpaired) electrons. The van der Waals surface area contributed by atoms with E-state index in [2.05, 4.69) is 20.0 Å². The first-order chi connectivity index (χ1) is 9.53. The predicted octanol–water partition coefficient (Wildman–Crippen LogP) is 1.76. The smallest absolute Gasteiger partial charge is 0.243 e. The Balaban J connectivity index is 2.08. The van der Waals surface area contributed by atoms with Crippen LogP contribution in [0, 0.1) is 6.92 Å². The van der Waals surface area contributed by atoms with Gasteiger partial charge in [-0.05, 0) is 35.7 Å². The average Bonchev–Trinajstić information content (AvgIpc) is 2.83. The molecule has 0 fully saturated rings. The molecule has 0 atom stereocenters. The molecule has 0 amide bonds. The monoisotopic (exact) mass is 312 g/mol. The van der Waals surface area contributed by atoms with Crippen molar-refractivity contribution in [2.24, 2.45) is 0 Å². The molecule has 0 aromatic carbocycles. The Morgan fingerprint density at radius 1 is 1.25 bits per heavy atom. The Morgan fingerprint density at radius 2 is 1.95 bits per heavy atom. The van der Waals surface area contributed by atoms with Gasteiger partial charge in [-0.1, -0.05) is 0 Å². The fourth-order valence-corrected chi connectivity index (χ4v) is 3.28. The highest BCUT2D eigenvalue weighted by molar-refractivity contribution is 7.89. The summed E-state index contributed by atoms with van der Waals surface area (Å²) in [5.74, 6) is 0.417. The van der Waals surface area contributed by atoms with Gasteiger partial charge in [-0.25, -0.2) is 23.1 Å². The summed E-state index contributed by atoms with van der Waals surface area (Å²) < 4.78 is 26.7. The lowest BCUT2D eigenvalue weighted by Crippen LogP contribution is -2.23. The molecule has 2 aromatic rings. The largest absolute Gasteiger partial charge is 0.355 e. The lowest BCUT2D eigenvalue weighted by atomic mass is 10.2. The molecule has 0 aliphatic heterocycles. The number of nitrogens with one attached hydrogen (secondary N) is 2. The van der Waals surface area contributed by atoms with Gasteiger partial charge in [0.2, 0.25) is 16.0 Å². The summed E-state index contributed by atoms with van der Waals surface area (Å²) in [6.07, 6.45) is 2.60. The summed E-state index contributed by atoms with van der Waals surface area (Å²) >= 11 is 1.55. The molecule has 2 aromatic heterocycles. The van der Waals surface area contributed by atoms with E-state index in [0.29, 0.717) is 12.5 Å². The number of rotatable bonds is 6. The molecule has 8 heteroatoms. The Morgan fingerprint density at radius 3 is 2.50 bits per heavy atom. The van der Waals surface area contributed by atoms with Crippen LogP contribution in [0.2, 0.25) is 0 Å². The maximum absolute atomic E-state index is 12.1. The van der Waals surface area contributed by atoms with Crippen LogP contribution in [-0.4, -0.2) is 24.9 Å². The van der Waals surface area contributed by atoms with Gasteiger partial charge in [0.15, 0.2) is 0 Å². The van der Waals surface area contributed by atoms with E-state index in [1.54, 1.807) is 11.3 Å². The second kappa shape index (κ2) is 6.29. The zero-order valence-electron chi connectivity index (χ0n) is 11.3. The summed E-state index contributed by atoms with van der Waals surface area (Å²) in [7, 11) is -3.58. The van der Waals surface area contributed by atoms with Gasteiger partial charge in [-0.2, -0.15) is 11.3 Å². The van der Waals surface area contributed by atoms with Gasteiger partial charge in [-0.15, -0.1) is 0 Å². The Kier molecular flexibility index (Phi) is 4.69. The van der Waals surface area contributed by atoms with Crippen molar-refractivity contribution in [3.05, 3.63) is 34.3 Å². The maximum Gasteiger partial charge on any atom is 0.243 e. The molecule has 2 N–H and O–H groups in total. The van der Waals surface area contributed by atoms with Gasteiger partial charge < -0.3 is 5.32 Å². The lowest BCUT2D eigenvalue weighted by molar-refractivity contribution is 0.580. The molecule has 0 aliphatic rings. The number of thiophene rings is 1. The molecule has 0 saturated carbocycles. The van der Waals surface area contributed by atoms with Crippen molar-refractivity contribution in [1.82, 2.24) is 14.7 Å². The van der Waals surface area contributed by atoms with Crippen molar-refractivity contribution in [2.45, 2.75) is 25.3 Å². The molecule has 0 bridgehead atoms. The number of anilines is 1. The van der Waals surface area contributed by atoms with Crippen LogP contribution >= 0.6 is 11.3 Å². The number of sulfonamides is 1. The van der Waals surface area contributed by atoms with Crippen LogP contribution in [0.1, 0.15) is 18.1 Å². The third-order valence-corrected chi connectivity index (χ3v) is 4.95. The highest BCUT2D eigenvalue weighted by atomic mass is 32.2. The summed E-state index contributed by atoms with van der Waals surface area (Å²) in [5.41, 5.74) is 2.06. The zero-order chi connectivity index (χ0) is 14.6. The summed E-state index contributed by atoms with van der Waals surface area (Å²) in [4.78, 5) is 7.98. The van der Waals surface area contributed by atoms with Crippen LogP contribution in [0.5, 0.6) is 0 Å². The van der Waals surface area contributed by atoms with Crippen molar-refractivity contribution in [1.29, 1.82) is 0 Å². The van der Waals surface area contributed by atoms with Crippen molar-refractivity contribution < 1.29 is 8.42 Å². The number of aromatic nitrogens is 2. The predicted molar refractivity (Wildman–Crippen MR) is 79.3 cm³/mol. The van der Waals surface area contributed by atoms with E-state index in [4.69, 9.17) is 0 Å². The number of hydrogen-bond donors (Lipinski definition) is 2. The molecule has 0 spiro atoms. The Bertz CT molecular complexity index is 665. The molecule has 0 aliphatic carbocycles. The van der Waals surface area contributed by atoms with Crippen molar-refractivity contribution >= 4 is 27.3 Å².